The van der Waals surface area contributed by atoms with Crippen LogP contribution < -0.4 is 28.7 Å². The van der Waals surface area contributed by atoms with Crippen LogP contribution in [0.25, 0.3) is 0 Å². The van der Waals surface area contributed by atoms with E-state index in [0.717, 1.165) is 23.2 Å². The monoisotopic (exact) mass is 1060 g/mol. The van der Waals surface area contributed by atoms with E-state index in [-0.39, 0.29) is 64.1 Å². The summed E-state index contributed by atoms with van der Waals surface area (Å²) in [5.74, 6) is -0.274. The van der Waals surface area contributed by atoms with Crippen molar-refractivity contribution in [1.29, 1.82) is 0 Å². The molecular formula is C52H56LiN14O2S3V-. The van der Waals surface area contributed by atoms with E-state index < -0.39 is 0 Å². The van der Waals surface area contributed by atoms with Gasteiger partial charge in [-0.15, -0.1) is 0 Å². The van der Waals surface area contributed by atoms with Gasteiger partial charge in [0.15, 0.2) is 20.6 Å². The van der Waals surface area contributed by atoms with E-state index in [1.807, 2.05) is 81.9 Å². The Kier molecular flexibility index (Phi) is 29.9. The van der Waals surface area contributed by atoms with Gasteiger partial charge in [-0.1, -0.05) is 81.4 Å². The van der Waals surface area contributed by atoms with Gasteiger partial charge in [0.1, 0.15) is 11.4 Å². The van der Waals surface area contributed by atoms with Crippen LogP contribution in [0.15, 0.2) is 204 Å². The Labute approximate surface area is 464 Å². The molecule has 0 aliphatic rings. The largest absolute Gasteiger partial charge is 1.00 e. The molecule has 0 saturated heterocycles. The topological polar surface area (TPSA) is 179 Å². The Balaban J connectivity index is 0.000000369. The van der Waals surface area contributed by atoms with Crippen molar-refractivity contribution in [3.63, 3.8) is 0 Å². The molecule has 0 bridgehead atoms. The van der Waals surface area contributed by atoms with E-state index in [1.54, 1.807) is 135 Å². The van der Waals surface area contributed by atoms with Crippen molar-refractivity contribution in [2.24, 2.45) is 0 Å². The molecule has 0 saturated carbocycles. The standard InChI is InChI=1S/C21H18N6OS.C17H16N4O.C8H6N4S2.C4H9.CH4.CH3.Li.V/c1-26(17-9-5-10-22-13-17)19(28)18-14-25-21(29-20-23-11-6-12-24-20)27(18)15-16-7-3-2-4-8-16;1-20(15-8-5-9-18-10-15)17(22)16-11-19-13-21(16)12-14-6-3-2-4-7-14;1-3-9-7(10-4-1)13-14-8-11-5-2-6-12-8;1-3-4-2;;;;/h2-14H,15H2,1H3;2-11,13H,12H2,1H3;1-6H;1,3-4H2,2H3;1H4;1H3;;/q;;;-1;;-1;+1;. The fourth-order valence-electron chi connectivity index (χ4n) is 5.77. The number of aromatic nitrogens is 12. The quantitative estimate of drug-likeness (QED) is 0.0443. The molecule has 0 fully saturated rings. The summed E-state index contributed by atoms with van der Waals surface area (Å²) in [5, 5.41) is 2.66. The fraction of sp³-hybridized carbons (Fsp3) is 0.154. The van der Waals surface area contributed by atoms with Gasteiger partial charge in [0.25, 0.3) is 11.8 Å². The molecule has 1 radical (unpaired) electrons. The van der Waals surface area contributed by atoms with Gasteiger partial charge in [0.05, 0.1) is 49.0 Å². The van der Waals surface area contributed by atoms with Crippen molar-refractivity contribution < 1.29 is 47.0 Å². The number of rotatable bonds is 14. The van der Waals surface area contributed by atoms with E-state index in [2.05, 4.69) is 63.7 Å². The maximum absolute atomic E-state index is 13.2. The van der Waals surface area contributed by atoms with Gasteiger partial charge in [-0.2, -0.15) is 6.42 Å². The minimum atomic E-state index is -0.165. The van der Waals surface area contributed by atoms with Crippen molar-refractivity contribution >= 4 is 56.5 Å². The predicted molar refractivity (Wildman–Crippen MR) is 285 cm³/mol. The maximum Gasteiger partial charge on any atom is 1.00 e. The fourth-order valence-corrected chi connectivity index (χ4v) is 8.07. The van der Waals surface area contributed by atoms with Gasteiger partial charge in [0.2, 0.25) is 0 Å². The van der Waals surface area contributed by atoms with E-state index >= 15 is 0 Å². The predicted octanol–water partition coefficient (Wildman–Crippen LogP) is 7.92. The summed E-state index contributed by atoms with van der Waals surface area (Å²) in [5.41, 5.74) is 4.69. The Morgan fingerprint density at radius 3 is 1.42 bits per heavy atom. The van der Waals surface area contributed by atoms with Crippen LogP contribution in [0.5, 0.6) is 0 Å². The number of carbonyl (C=O) groups is 2. The van der Waals surface area contributed by atoms with Crippen molar-refractivity contribution in [2.75, 3.05) is 23.9 Å². The summed E-state index contributed by atoms with van der Waals surface area (Å²) in [6.45, 7) is 6.85. The molecule has 0 spiro atoms. The molecule has 0 atom stereocenters. The smallest absolute Gasteiger partial charge is 0.358 e. The molecule has 0 aliphatic carbocycles. The van der Waals surface area contributed by atoms with Crippen LogP contribution in [-0.4, -0.2) is 84.9 Å². The second-order valence-corrected chi connectivity index (χ2v) is 17.3. The van der Waals surface area contributed by atoms with Gasteiger partial charge in [-0.05, 0) is 86.9 Å². The summed E-state index contributed by atoms with van der Waals surface area (Å²) in [6, 6.07) is 32.6. The van der Waals surface area contributed by atoms with E-state index in [1.165, 1.54) is 39.8 Å². The molecular weight excluding hydrogens is 1010 g/mol. The molecule has 9 aromatic rings. The average Bonchev–Trinajstić information content (AvgIpc) is 4.05. The van der Waals surface area contributed by atoms with Crippen LogP contribution in [0.1, 0.15) is 59.3 Å². The third kappa shape index (κ3) is 20.2. The minimum Gasteiger partial charge on any atom is -0.358 e. The molecule has 371 valence electrons. The zero-order chi connectivity index (χ0) is 48.5. The third-order valence-electron chi connectivity index (χ3n) is 9.38. The molecule has 9 rings (SSSR count). The molecule has 16 nitrogen and oxygen atoms in total. The second-order valence-electron chi connectivity index (χ2n) is 14.3. The van der Waals surface area contributed by atoms with Crippen molar-refractivity contribution in [1.82, 2.24) is 59.0 Å². The van der Waals surface area contributed by atoms with Gasteiger partial charge in [-0.25, -0.2) is 39.9 Å². The van der Waals surface area contributed by atoms with Crippen LogP contribution in [0.2, 0.25) is 0 Å². The zero-order valence-corrected chi connectivity index (χ0v) is 44.5. The number of amides is 2. The Morgan fingerprint density at radius 1 is 0.548 bits per heavy atom. The summed E-state index contributed by atoms with van der Waals surface area (Å²) < 4.78 is 3.75. The van der Waals surface area contributed by atoms with E-state index in [9.17, 15) is 9.59 Å². The molecule has 7 aromatic heterocycles. The summed E-state index contributed by atoms with van der Waals surface area (Å²) in [6.07, 6.45) is 24.0. The van der Waals surface area contributed by atoms with Crippen molar-refractivity contribution in [3.05, 3.63) is 221 Å². The van der Waals surface area contributed by atoms with Crippen LogP contribution in [0.4, 0.5) is 11.4 Å². The van der Waals surface area contributed by atoms with Crippen LogP contribution in [0.3, 0.4) is 0 Å². The molecule has 0 aliphatic heterocycles. The number of carbonyl (C=O) groups excluding carboxylic acids is 2. The Hall–Kier alpha value is -6.43. The number of unbranched alkanes of at least 4 members (excludes halogenated alkanes) is 1. The first-order chi connectivity index (χ1) is 33.8. The Bertz CT molecular complexity index is 2830. The first-order valence-corrected chi connectivity index (χ1v) is 24.4. The van der Waals surface area contributed by atoms with Crippen molar-refractivity contribution in [3.8, 4) is 0 Å². The Morgan fingerprint density at radius 2 is 0.986 bits per heavy atom. The number of hydrogen-bond donors (Lipinski definition) is 0. The SMILES string of the molecule is C.CN(C(=O)c1cnc(Sc2ncccn2)n1Cc1ccccc1)c1cccnc1.CN(C(=O)c1cncn1Cc1ccccc1)c1cccnc1.[CH2-]CCC.[CH3-].[Li+].[V].c1cnc(SSc2ncccn2)nc1. The van der Waals surface area contributed by atoms with Gasteiger partial charge >= 0.3 is 18.9 Å². The number of imidazole rings is 2. The number of anilines is 2. The van der Waals surface area contributed by atoms with Crippen molar-refractivity contribution in [2.45, 2.75) is 60.9 Å². The molecule has 21 heteroatoms. The zero-order valence-electron chi connectivity index (χ0n) is 40.6. The number of pyridine rings is 2. The average molecular weight is 1060 g/mol. The normalized spacial score (nSPS) is 9.70. The third-order valence-corrected chi connectivity index (χ3v) is 12.2. The van der Waals surface area contributed by atoms with E-state index in [0.29, 0.717) is 50.8 Å². The molecule has 0 unspecified atom stereocenters. The number of benzene rings is 2. The maximum atomic E-state index is 13.2. The summed E-state index contributed by atoms with van der Waals surface area (Å²) >= 11 is 1.33. The molecule has 73 heavy (non-hydrogen) atoms. The second kappa shape index (κ2) is 34.9. The van der Waals surface area contributed by atoms with Gasteiger partial charge < -0.3 is 33.3 Å². The van der Waals surface area contributed by atoms with E-state index in [4.69, 9.17) is 0 Å². The number of hydrogen-bond acceptors (Lipinski definition) is 15. The molecule has 2 aromatic carbocycles. The summed E-state index contributed by atoms with van der Waals surface area (Å²) in [4.78, 5) is 70.5. The first kappa shape index (κ1) is 62.7. The molecule has 0 N–H and O–H groups in total. The summed E-state index contributed by atoms with van der Waals surface area (Å²) in [7, 11) is 6.35. The molecule has 2 amide bonds. The van der Waals surface area contributed by atoms with Gasteiger partial charge in [0, 0.05) is 88.8 Å². The first-order valence-electron chi connectivity index (χ1n) is 21.5. The van der Waals surface area contributed by atoms with Crippen LogP contribution in [0, 0.1) is 14.4 Å². The minimum absolute atomic E-state index is 0. The number of nitrogens with zero attached hydrogens (tertiary/aromatic N) is 14. The molecule has 7 heterocycles. The van der Waals surface area contributed by atoms with Crippen LogP contribution >= 0.6 is 33.3 Å². The van der Waals surface area contributed by atoms with Crippen LogP contribution in [-0.2, 0) is 31.6 Å². The van der Waals surface area contributed by atoms with Gasteiger partial charge in [-0.3, -0.25) is 19.6 Å².